The van der Waals surface area contributed by atoms with Gasteiger partial charge >= 0.3 is 0 Å². The van der Waals surface area contributed by atoms with Gasteiger partial charge in [-0.25, -0.2) is 0 Å². The molecule has 0 radical (unpaired) electrons. The number of aliphatic hydroxyl groups is 2. The summed E-state index contributed by atoms with van der Waals surface area (Å²) in [7, 11) is 0. The van der Waals surface area contributed by atoms with Crippen molar-refractivity contribution >= 4 is 58.0 Å². The molecule has 0 saturated heterocycles. The Morgan fingerprint density at radius 2 is 1.78 bits per heavy atom. The third-order valence-electron chi connectivity index (χ3n) is 6.40. The fraction of sp³-hybridized carbons (Fsp3) is 0.240. The van der Waals surface area contributed by atoms with E-state index in [0.717, 1.165) is 4.86 Å². The molecule has 1 saturated carbocycles. The molecule has 9 nitrogen and oxygen atoms in total. The maximum absolute atomic E-state index is 13.0. The summed E-state index contributed by atoms with van der Waals surface area (Å²) in [5, 5.41) is 30.7. The normalized spacial score (nSPS) is 24.7. The van der Waals surface area contributed by atoms with E-state index in [4.69, 9.17) is 23.7 Å². The lowest BCUT2D eigenvalue weighted by Gasteiger charge is -2.40. The van der Waals surface area contributed by atoms with E-state index in [1.54, 1.807) is 30.4 Å². The summed E-state index contributed by atoms with van der Waals surface area (Å²) >= 11 is 6.19. The number of hydrogen-bond acceptors (Lipinski definition) is 9. The topological polar surface area (TPSA) is 181 Å². The second-order valence-corrected chi connectivity index (χ2v) is 10.4. The van der Waals surface area contributed by atoms with Gasteiger partial charge in [0.25, 0.3) is 5.91 Å². The van der Waals surface area contributed by atoms with E-state index in [9.17, 15) is 34.5 Å². The van der Waals surface area contributed by atoms with E-state index in [1.807, 2.05) is 0 Å². The number of nitrogens with two attached hydrogens (primary N) is 2. The lowest BCUT2D eigenvalue weighted by Crippen LogP contribution is -2.44. The molecule has 4 aliphatic rings. The standard InChI is InChI=1S/C18H15NO6S.C7H7NOS/c19-18(25)13-8(21)4-6-5-10-14(16(23)11(6)15(13)22)17(24)12-7(20)2-1-3-9(12)26-10;8-7(9)5-1-3-6(10)4-2-5/h1-3,6,10-11,20,22,24H,4-5H2,(H2,19,25);1-3H,4H2,(H2,8,9). The lowest BCUT2D eigenvalue weighted by atomic mass is 9.67. The molecule has 3 aliphatic carbocycles. The van der Waals surface area contributed by atoms with Crippen LogP contribution in [0.1, 0.15) is 24.8 Å². The van der Waals surface area contributed by atoms with Crippen molar-refractivity contribution in [2.75, 3.05) is 0 Å². The number of benzene rings is 1. The molecular formula is C25H22N2O7S2. The Morgan fingerprint density at radius 3 is 2.39 bits per heavy atom. The number of hydrogen-bond donors (Lipinski definition) is 5. The molecule has 0 aromatic heterocycles. The van der Waals surface area contributed by atoms with Crippen molar-refractivity contribution in [3.63, 3.8) is 0 Å². The molecule has 7 N–H and O–H groups in total. The molecule has 1 aromatic rings. The van der Waals surface area contributed by atoms with Crippen LogP contribution in [0.25, 0.3) is 5.76 Å². The lowest BCUT2D eigenvalue weighted by molar-refractivity contribution is -0.126. The minimum absolute atomic E-state index is 0.0588. The average molecular weight is 527 g/mol. The van der Waals surface area contributed by atoms with Gasteiger partial charge in [0, 0.05) is 33.4 Å². The van der Waals surface area contributed by atoms with E-state index >= 15 is 0 Å². The van der Waals surface area contributed by atoms with E-state index in [1.165, 1.54) is 17.8 Å². The fourth-order valence-corrected chi connectivity index (χ4v) is 6.38. The van der Waals surface area contributed by atoms with Crippen LogP contribution in [-0.4, -0.2) is 48.8 Å². The first-order valence-corrected chi connectivity index (χ1v) is 12.2. The van der Waals surface area contributed by atoms with Crippen LogP contribution in [0.2, 0.25) is 0 Å². The Labute approximate surface area is 215 Å². The number of carbonyl (C=O) groups is 4. The van der Waals surface area contributed by atoms with Gasteiger partial charge in [0.15, 0.2) is 11.6 Å². The van der Waals surface area contributed by atoms with Crippen LogP contribution in [0.5, 0.6) is 5.75 Å². The number of amides is 2. The number of ketones is 2. The number of Topliss-reactive ketones (excluding diaryl/α,β-unsaturated/α-hetero) is 2. The zero-order chi connectivity index (χ0) is 26.3. The Bertz CT molecular complexity index is 1360. The number of phenolic OH excluding ortho intramolecular Hbond substituents is 1. The molecule has 1 aromatic carbocycles. The van der Waals surface area contributed by atoms with Gasteiger partial charge in [-0.15, -0.1) is 11.8 Å². The molecule has 0 spiro atoms. The van der Waals surface area contributed by atoms with Gasteiger partial charge in [0.1, 0.15) is 22.8 Å². The Morgan fingerprint density at radius 1 is 1.06 bits per heavy atom. The predicted octanol–water partition coefficient (Wildman–Crippen LogP) is 2.34. The minimum Gasteiger partial charge on any atom is -0.511 e. The van der Waals surface area contributed by atoms with Crippen molar-refractivity contribution in [3.05, 3.63) is 64.5 Å². The molecule has 2 amide bonds. The first-order valence-electron chi connectivity index (χ1n) is 10.9. The van der Waals surface area contributed by atoms with Gasteiger partial charge in [0.05, 0.1) is 17.1 Å². The summed E-state index contributed by atoms with van der Waals surface area (Å²) in [5.41, 5.74) is 10.5. The third-order valence-corrected chi connectivity index (χ3v) is 8.01. The van der Waals surface area contributed by atoms with Crippen molar-refractivity contribution in [2.24, 2.45) is 23.3 Å². The molecule has 5 rings (SSSR count). The summed E-state index contributed by atoms with van der Waals surface area (Å²) < 4.78 is 0. The maximum Gasteiger partial charge on any atom is 0.255 e. The average Bonchev–Trinajstić information content (AvgIpc) is 2.79. The molecule has 1 heterocycles. The number of aliphatic hydroxyl groups excluding tert-OH is 2. The third kappa shape index (κ3) is 4.47. The molecule has 186 valence electrons. The van der Waals surface area contributed by atoms with Crippen LogP contribution in [-0.2, 0) is 19.2 Å². The summed E-state index contributed by atoms with van der Waals surface area (Å²) in [6.45, 7) is 0. The SMILES string of the molecule is NC(=O)C1=C(O)C2C(=O)C3=C(O)c4c(O)cccc4SC3CC2CC1=O.NC(=O)C1=CCC(=S)C=C1. The molecule has 3 unspecified atom stereocenters. The first-order chi connectivity index (χ1) is 17.0. The van der Waals surface area contributed by atoms with Crippen molar-refractivity contribution < 1.29 is 34.5 Å². The van der Waals surface area contributed by atoms with Gasteiger partial charge in [-0.2, -0.15) is 0 Å². The minimum atomic E-state index is -1.09. The maximum atomic E-state index is 13.0. The molecule has 3 atom stereocenters. The van der Waals surface area contributed by atoms with E-state index in [2.05, 4.69) is 0 Å². The molecule has 11 heteroatoms. The number of aromatic hydroxyl groups is 1. The molecule has 0 bridgehead atoms. The highest BCUT2D eigenvalue weighted by Gasteiger charge is 2.51. The van der Waals surface area contributed by atoms with Crippen LogP contribution in [0.3, 0.4) is 0 Å². The van der Waals surface area contributed by atoms with Gasteiger partial charge < -0.3 is 26.8 Å². The number of allylic oxidation sites excluding steroid dienone is 3. The quantitative estimate of drug-likeness (QED) is 0.285. The van der Waals surface area contributed by atoms with Crippen LogP contribution in [0, 0.1) is 11.8 Å². The molecule has 36 heavy (non-hydrogen) atoms. The summed E-state index contributed by atoms with van der Waals surface area (Å²) in [6.07, 6.45) is 6.09. The highest BCUT2D eigenvalue weighted by molar-refractivity contribution is 8.00. The van der Waals surface area contributed by atoms with E-state index in [-0.39, 0.29) is 29.1 Å². The second kappa shape index (κ2) is 9.75. The fourth-order valence-electron chi connectivity index (χ4n) is 4.75. The first kappa shape index (κ1) is 25.4. The van der Waals surface area contributed by atoms with E-state index in [0.29, 0.717) is 23.3 Å². The van der Waals surface area contributed by atoms with Gasteiger partial charge in [-0.3, -0.25) is 19.2 Å². The number of thioether (sulfide) groups is 1. The number of rotatable bonds is 2. The van der Waals surface area contributed by atoms with Crippen molar-refractivity contribution in [1.82, 2.24) is 0 Å². The zero-order valence-corrected chi connectivity index (χ0v) is 20.4. The van der Waals surface area contributed by atoms with Gasteiger partial charge in [0.2, 0.25) is 5.91 Å². The van der Waals surface area contributed by atoms with Crippen molar-refractivity contribution in [2.45, 2.75) is 29.4 Å². The van der Waals surface area contributed by atoms with Crippen LogP contribution >= 0.6 is 24.0 Å². The summed E-state index contributed by atoms with van der Waals surface area (Å²) in [5.74, 6) is -5.22. The summed E-state index contributed by atoms with van der Waals surface area (Å²) in [4.78, 5) is 48.7. The van der Waals surface area contributed by atoms with E-state index < -0.39 is 51.8 Å². The number of carbonyl (C=O) groups excluding carboxylic acids is 4. The van der Waals surface area contributed by atoms with Gasteiger partial charge in [-0.1, -0.05) is 24.4 Å². The summed E-state index contributed by atoms with van der Waals surface area (Å²) in [6, 6.07) is 4.79. The largest absolute Gasteiger partial charge is 0.511 e. The number of primary amides is 2. The second-order valence-electron chi connectivity index (χ2n) is 8.64. The highest BCUT2D eigenvalue weighted by atomic mass is 32.2. The number of phenols is 1. The number of thiocarbonyl (C=S) groups is 1. The zero-order valence-electron chi connectivity index (χ0n) is 18.8. The van der Waals surface area contributed by atoms with Crippen LogP contribution in [0.15, 0.2) is 63.8 Å². The monoisotopic (exact) mass is 526 g/mol. The Kier molecular flexibility index (Phi) is 6.87. The van der Waals surface area contributed by atoms with Crippen LogP contribution in [0.4, 0.5) is 0 Å². The molecule has 1 aliphatic heterocycles. The predicted molar refractivity (Wildman–Crippen MR) is 136 cm³/mol. The Hall–Kier alpha value is -3.70. The Balaban J connectivity index is 0.000000256. The smallest absolute Gasteiger partial charge is 0.255 e. The highest BCUT2D eigenvalue weighted by Crippen LogP contribution is 2.52. The molecule has 1 fully saturated rings. The molecular weight excluding hydrogens is 504 g/mol. The number of fused-ring (bicyclic) bond motifs is 3. The van der Waals surface area contributed by atoms with Crippen molar-refractivity contribution in [1.29, 1.82) is 0 Å². The van der Waals surface area contributed by atoms with Crippen molar-refractivity contribution in [3.8, 4) is 5.75 Å². The van der Waals surface area contributed by atoms with Gasteiger partial charge in [-0.05, 0) is 36.6 Å². The van der Waals surface area contributed by atoms with Crippen LogP contribution < -0.4 is 11.5 Å².